The van der Waals surface area contributed by atoms with Gasteiger partial charge in [-0.3, -0.25) is 4.99 Å². The van der Waals surface area contributed by atoms with Gasteiger partial charge in [-0.25, -0.2) is 9.97 Å². The molecule has 1 aromatic carbocycles. The fourth-order valence-corrected chi connectivity index (χ4v) is 4.38. The van der Waals surface area contributed by atoms with Gasteiger partial charge in [0.2, 0.25) is 0 Å². The Morgan fingerprint density at radius 2 is 2.07 bits per heavy atom. The van der Waals surface area contributed by atoms with E-state index < -0.39 is 0 Å². The predicted molar refractivity (Wildman–Crippen MR) is 115 cm³/mol. The molecule has 1 aliphatic heterocycles. The summed E-state index contributed by atoms with van der Waals surface area (Å²) in [7, 11) is 0. The number of aromatic nitrogens is 2. The van der Waals surface area contributed by atoms with Gasteiger partial charge in [0.25, 0.3) is 0 Å². The van der Waals surface area contributed by atoms with Crippen molar-refractivity contribution in [1.29, 1.82) is 0 Å². The van der Waals surface area contributed by atoms with Gasteiger partial charge in [0.15, 0.2) is 5.82 Å². The topological polar surface area (TPSA) is 73.4 Å². The summed E-state index contributed by atoms with van der Waals surface area (Å²) in [4.78, 5) is 13.6. The van der Waals surface area contributed by atoms with E-state index in [0.29, 0.717) is 5.82 Å². The molecule has 0 aliphatic carbocycles. The molecule has 0 unspecified atom stereocenters. The van der Waals surface area contributed by atoms with Crippen LogP contribution in [0.15, 0.2) is 29.3 Å². The van der Waals surface area contributed by atoms with Crippen molar-refractivity contribution in [2.24, 2.45) is 4.99 Å². The van der Waals surface area contributed by atoms with Crippen LogP contribution in [0.4, 0.5) is 5.82 Å². The first-order valence-electron chi connectivity index (χ1n) is 9.52. The SMILES string of the molecule is CCCCOCCCc1nc2c(N)nc3cc(C4=CC=NC4)ccc3c2s1. The molecule has 2 N–H and O–H groups in total. The summed E-state index contributed by atoms with van der Waals surface area (Å²) in [5, 5.41) is 2.21. The molecule has 2 aromatic heterocycles. The van der Waals surface area contributed by atoms with Crippen LogP contribution in [-0.4, -0.2) is 35.9 Å². The number of pyridine rings is 1. The number of rotatable bonds is 8. The third kappa shape index (κ3) is 3.87. The highest BCUT2D eigenvalue weighted by molar-refractivity contribution is 7.19. The summed E-state index contributed by atoms with van der Waals surface area (Å²) in [5.41, 5.74) is 10.3. The standard InChI is InChI=1S/C21H24N4OS/c1-2-3-10-26-11-4-5-18-25-19-20(27-18)16-7-6-14(15-8-9-23-13-15)12-17(16)24-21(19)22/h6-9,12H,2-5,10-11,13H2,1H3,(H2,22,24). The fraction of sp³-hybridized carbons (Fsp3) is 0.381. The Morgan fingerprint density at radius 1 is 1.19 bits per heavy atom. The molecule has 6 heteroatoms. The summed E-state index contributed by atoms with van der Waals surface area (Å²) in [6.45, 7) is 4.54. The maximum atomic E-state index is 6.22. The number of allylic oxidation sites excluding steroid dienone is 1. The molecule has 0 amide bonds. The molecule has 0 saturated carbocycles. The number of hydrogen-bond acceptors (Lipinski definition) is 6. The van der Waals surface area contributed by atoms with Crippen molar-refractivity contribution in [3.8, 4) is 0 Å². The van der Waals surface area contributed by atoms with Crippen LogP contribution in [0.25, 0.3) is 26.7 Å². The minimum atomic E-state index is 0.507. The average molecular weight is 381 g/mol. The zero-order chi connectivity index (χ0) is 18.6. The highest BCUT2D eigenvalue weighted by Crippen LogP contribution is 2.34. The summed E-state index contributed by atoms with van der Waals surface area (Å²) < 4.78 is 6.78. The second-order valence-electron chi connectivity index (χ2n) is 6.77. The zero-order valence-corrected chi connectivity index (χ0v) is 16.4. The van der Waals surface area contributed by atoms with Gasteiger partial charge in [-0.2, -0.15) is 0 Å². The molecule has 4 rings (SSSR count). The Bertz CT molecular complexity index is 1020. The largest absolute Gasteiger partial charge is 0.382 e. The molecule has 0 spiro atoms. The molecular weight excluding hydrogens is 356 g/mol. The van der Waals surface area contributed by atoms with Crippen LogP contribution in [-0.2, 0) is 11.2 Å². The van der Waals surface area contributed by atoms with E-state index in [9.17, 15) is 0 Å². The van der Waals surface area contributed by atoms with Gasteiger partial charge in [0.05, 0.1) is 21.8 Å². The number of aryl methyl sites for hydroxylation is 1. The van der Waals surface area contributed by atoms with Gasteiger partial charge < -0.3 is 10.5 Å². The number of hydrogen-bond donors (Lipinski definition) is 1. The van der Waals surface area contributed by atoms with Crippen molar-refractivity contribution in [2.75, 3.05) is 25.5 Å². The number of unbranched alkanes of at least 4 members (excludes halogenated alkanes) is 1. The summed E-state index contributed by atoms with van der Waals surface area (Å²) in [5.74, 6) is 0.507. The van der Waals surface area contributed by atoms with E-state index in [2.05, 4.69) is 41.2 Å². The lowest BCUT2D eigenvalue weighted by molar-refractivity contribution is 0.129. The van der Waals surface area contributed by atoms with E-state index in [0.717, 1.165) is 70.7 Å². The van der Waals surface area contributed by atoms with E-state index in [4.69, 9.17) is 15.5 Å². The predicted octanol–water partition coefficient (Wildman–Crippen LogP) is 4.64. The molecule has 0 bridgehead atoms. The first-order chi connectivity index (χ1) is 13.3. The van der Waals surface area contributed by atoms with E-state index in [1.54, 1.807) is 11.3 Å². The number of fused-ring (bicyclic) bond motifs is 3. The van der Waals surface area contributed by atoms with Crippen molar-refractivity contribution in [2.45, 2.75) is 32.6 Å². The zero-order valence-electron chi connectivity index (χ0n) is 15.6. The molecule has 0 atom stereocenters. The first-order valence-corrected chi connectivity index (χ1v) is 10.3. The monoisotopic (exact) mass is 380 g/mol. The van der Waals surface area contributed by atoms with E-state index >= 15 is 0 Å². The number of thiazole rings is 1. The van der Waals surface area contributed by atoms with Crippen LogP contribution >= 0.6 is 11.3 Å². The van der Waals surface area contributed by atoms with Crippen molar-refractivity contribution < 1.29 is 4.74 Å². The number of nitrogens with two attached hydrogens (primary N) is 1. The van der Waals surface area contributed by atoms with Crippen LogP contribution in [0.3, 0.4) is 0 Å². The molecule has 27 heavy (non-hydrogen) atoms. The highest BCUT2D eigenvalue weighted by atomic mass is 32.1. The number of nitrogens with zero attached hydrogens (tertiary/aromatic N) is 3. The van der Waals surface area contributed by atoms with Gasteiger partial charge in [-0.1, -0.05) is 25.5 Å². The quantitative estimate of drug-likeness (QED) is 0.578. The van der Waals surface area contributed by atoms with E-state index in [-0.39, 0.29) is 0 Å². The Balaban J connectivity index is 1.56. The minimum Gasteiger partial charge on any atom is -0.382 e. The smallest absolute Gasteiger partial charge is 0.151 e. The second kappa shape index (κ2) is 8.15. The van der Waals surface area contributed by atoms with E-state index in [1.165, 1.54) is 12.0 Å². The van der Waals surface area contributed by atoms with Crippen LogP contribution < -0.4 is 5.73 Å². The Labute approximate surface area is 163 Å². The molecule has 0 fully saturated rings. The van der Waals surface area contributed by atoms with Crippen molar-refractivity contribution in [1.82, 2.24) is 9.97 Å². The number of anilines is 1. The van der Waals surface area contributed by atoms with Crippen LogP contribution in [0.5, 0.6) is 0 Å². The lowest BCUT2D eigenvalue weighted by Crippen LogP contribution is -1.98. The third-order valence-corrected chi connectivity index (χ3v) is 5.88. The maximum absolute atomic E-state index is 6.22. The van der Waals surface area contributed by atoms with Gasteiger partial charge >= 0.3 is 0 Å². The summed E-state index contributed by atoms with van der Waals surface area (Å²) >= 11 is 1.72. The molecule has 5 nitrogen and oxygen atoms in total. The molecule has 140 valence electrons. The number of aliphatic imine (C=N–C) groups is 1. The molecule has 3 heterocycles. The fourth-order valence-electron chi connectivity index (χ4n) is 3.23. The maximum Gasteiger partial charge on any atom is 0.151 e. The minimum absolute atomic E-state index is 0.507. The summed E-state index contributed by atoms with van der Waals surface area (Å²) in [6.07, 6.45) is 8.09. The normalized spacial score (nSPS) is 13.7. The first kappa shape index (κ1) is 18.1. The lowest BCUT2D eigenvalue weighted by Gasteiger charge is -2.05. The average Bonchev–Trinajstić information content (AvgIpc) is 3.34. The van der Waals surface area contributed by atoms with Gasteiger partial charge in [0.1, 0.15) is 5.52 Å². The molecule has 0 saturated heterocycles. The van der Waals surface area contributed by atoms with Crippen molar-refractivity contribution in [3.05, 3.63) is 34.8 Å². The lowest BCUT2D eigenvalue weighted by atomic mass is 10.0. The Morgan fingerprint density at radius 3 is 2.89 bits per heavy atom. The summed E-state index contributed by atoms with van der Waals surface area (Å²) in [6, 6.07) is 6.38. The van der Waals surface area contributed by atoms with Gasteiger partial charge in [0, 0.05) is 31.2 Å². The van der Waals surface area contributed by atoms with Crippen LogP contribution in [0.2, 0.25) is 0 Å². The van der Waals surface area contributed by atoms with Gasteiger partial charge in [-0.05, 0) is 36.1 Å². The second-order valence-corrected chi connectivity index (χ2v) is 7.85. The molecule has 0 radical (unpaired) electrons. The number of nitrogen functional groups attached to an aromatic ring is 1. The van der Waals surface area contributed by atoms with E-state index in [1.807, 2.05) is 6.21 Å². The van der Waals surface area contributed by atoms with Crippen molar-refractivity contribution >= 4 is 50.1 Å². The molecule has 3 aromatic rings. The Kier molecular flexibility index (Phi) is 5.45. The van der Waals surface area contributed by atoms with Crippen LogP contribution in [0, 0.1) is 0 Å². The van der Waals surface area contributed by atoms with Crippen molar-refractivity contribution in [3.63, 3.8) is 0 Å². The third-order valence-electron chi connectivity index (χ3n) is 4.73. The number of ether oxygens (including phenoxy) is 1. The molecule has 1 aliphatic rings. The van der Waals surface area contributed by atoms with Gasteiger partial charge in [-0.15, -0.1) is 11.3 Å². The van der Waals surface area contributed by atoms with Crippen LogP contribution in [0.1, 0.15) is 36.8 Å². The number of benzene rings is 1. The Hall–Kier alpha value is -2.31. The highest BCUT2D eigenvalue weighted by Gasteiger charge is 2.14. The molecular formula is C21H24N4OS.